The van der Waals surface area contributed by atoms with Gasteiger partial charge in [-0.25, -0.2) is 4.39 Å². The number of hydrogen-bond donors (Lipinski definition) is 2. The second-order valence-corrected chi connectivity index (χ2v) is 2.53. The van der Waals surface area contributed by atoms with E-state index in [1.807, 2.05) is 0 Å². The van der Waals surface area contributed by atoms with E-state index in [9.17, 15) is 9.18 Å². The Bertz CT molecular complexity index is 317. The van der Waals surface area contributed by atoms with Gasteiger partial charge in [0.25, 0.3) is 0 Å². The van der Waals surface area contributed by atoms with Crippen molar-refractivity contribution in [3.63, 3.8) is 0 Å². The van der Waals surface area contributed by atoms with Crippen LogP contribution in [-0.4, -0.2) is 22.6 Å². The zero-order chi connectivity index (χ0) is 9.84. The maximum absolute atomic E-state index is 12.7. The number of carboxylic acids is 1. The van der Waals surface area contributed by atoms with Crippen LogP contribution in [0.2, 0.25) is 0 Å². The highest BCUT2D eigenvalue weighted by atomic mass is 19.1. The molecule has 4 nitrogen and oxygen atoms in total. The number of rotatable bonds is 3. The van der Waals surface area contributed by atoms with E-state index in [1.165, 1.54) is 6.20 Å². The Balaban J connectivity index is 2.98. The Labute approximate surface area is 74.2 Å². The standard InChI is InChI=1S/C8H9FN2O2/c9-5-1-2-11-7(3-5)6(4-10)8(12)13/h1-3,6H,4,10H2,(H,12,13). The number of hydrogen-bond acceptors (Lipinski definition) is 3. The molecule has 0 bridgehead atoms. The Morgan fingerprint density at radius 1 is 1.77 bits per heavy atom. The van der Waals surface area contributed by atoms with E-state index >= 15 is 0 Å². The summed E-state index contributed by atoms with van der Waals surface area (Å²) in [5.41, 5.74) is 5.36. The largest absolute Gasteiger partial charge is 0.481 e. The molecule has 1 aromatic rings. The quantitative estimate of drug-likeness (QED) is 0.710. The highest BCUT2D eigenvalue weighted by molar-refractivity contribution is 5.75. The van der Waals surface area contributed by atoms with Crippen LogP contribution in [0.25, 0.3) is 0 Å². The van der Waals surface area contributed by atoms with Crippen molar-refractivity contribution in [3.8, 4) is 0 Å². The van der Waals surface area contributed by atoms with Gasteiger partial charge in [-0.05, 0) is 12.1 Å². The average Bonchev–Trinajstić information content (AvgIpc) is 2.04. The summed E-state index contributed by atoms with van der Waals surface area (Å²) < 4.78 is 12.7. The van der Waals surface area contributed by atoms with E-state index < -0.39 is 17.7 Å². The molecule has 5 heteroatoms. The summed E-state index contributed by atoms with van der Waals surface area (Å²) in [6.07, 6.45) is 1.22. The van der Waals surface area contributed by atoms with Crippen LogP contribution in [0.1, 0.15) is 11.6 Å². The summed E-state index contributed by atoms with van der Waals surface area (Å²) in [4.78, 5) is 14.3. The molecule has 3 N–H and O–H groups in total. The third-order valence-electron chi connectivity index (χ3n) is 1.63. The molecule has 1 atom stereocenters. The van der Waals surface area contributed by atoms with Gasteiger partial charge >= 0.3 is 5.97 Å². The fourth-order valence-corrected chi connectivity index (χ4v) is 0.960. The Morgan fingerprint density at radius 3 is 2.92 bits per heavy atom. The first-order valence-electron chi connectivity index (χ1n) is 3.69. The van der Waals surface area contributed by atoms with Gasteiger partial charge in [0.15, 0.2) is 0 Å². The number of carboxylic acid groups (broad SMARTS) is 1. The Kier molecular flexibility index (Phi) is 2.92. The molecule has 0 aliphatic rings. The van der Waals surface area contributed by atoms with E-state index in [2.05, 4.69) is 4.98 Å². The van der Waals surface area contributed by atoms with Gasteiger partial charge in [-0.1, -0.05) is 0 Å². The normalized spacial score (nSPS) is 12.5. The lowest BCUT2D eigenvalue weighted by Gasteiger charge is -2.07. The molecule has 0 aliphatic heterocycles. The van der Waals surface area contributed by atoms with Gasteiger partial charge < -0.3 is 10.8 Å². The SMILES string of the molecule is NCC(C(=O)O)c1cc(F)ccn1. The monoisotopic (exact) mass is 184 g/mol. The maximum Gasteiger partial charge on any atom is 0.313 e. The summed E-state index contributed by atoms with van der Waals surface area (Å²) in [5, 5.41) is 8.68. The molecule has 70 valence electrons. The molecule has 0 saturated carbocycles. The van der Waals surface area contributed by atoms with Gasteiger partial charge in [0.2, 0.25) is 0 Å². The van der Waals surface area contributed by atoms with Crippen LogP contribution in [0.4, 0.5) is 4.39 Å². The van der Waals surface area contributed by atoms with Crippen LogP contribution in [0.15, 0.2) is 18.3 Å². The first-order valence-corrected chi connectivity index (χ1v) is 3.69. The van der Waals surface area contributed by atoms with E-state index in [0.29, 0.717) is 0 Å². The molecule has 1 rings (SSSR count). The first kappa shape index (κ1) is 9.60. The molecule has 0 aliphatic carbocycles. The second-order valence-electron chi connectivity index (χ2n) is 2.53. The summed E-state index contributed by atoms with van der Waals surface area (Å²) in [7, 11) is 0. The number of aliphatic carboxylic acids is 1. The Morgan fingerprint density at radius 2 is 2.46 bits per heavy atom. The van der Waals surface area contributed by atoms with Crippen molar-refractivity contribution in [1.82, 2.24) is 4.98 Å². The van der Waals surface area contributed by atoms with Crippen LogP contribution < -0.4 is 5.73 Å². The first-order chi connectivity index (χ1) is 6.15. The third kappa shape index (κ3) is 2.22. The Hall–Kier alpha value is -1.49. The van der Waals surface area contributed by atoms with E-state index in [1.54, 1.807) is 0 Å². The van der Waals surface area contributed by atoms with E-state index in [0.717, 1.165) is 12.1 Å². The van der Waals surface area contributed by atoms with E-state index in [-0.39, 0.29) is 12.2 Å². The molecule has 0 amide bonds. The molecular weight excluding hydrogens is 175 g/mol. The number of halogens is 1. The highest BCUT2D eigenvalue weighted by Gasteiger charge is 2.19. The van der Waals surface area contributed by atoms with Gasteiger partial charge in [-0.2, -0.15) is 0 Å². The zero-order valence-electron chi connectivity index (χ0n) is 6.77. The van der Waals surface area contributed by atoms with Gasteiger partial charge in [-0.3, -0.25) is 9.78 Å². The molecule has 0 saturated heterocycles. The number of carbonyl (C=O) groups is 1. The van der Waals surface area contributed by atoms with Crippen molar-refractivity contribution in [1.29, 1.82) is 0 Å². The molecule has 0 radical (unpaired) electrons. The fourth-order valence-electron chi connectivity index (χ4n) is 0.960. The van der Waals surface area contributed by atoms with Crippen LogP contribution in [0.5, 0.6) is 0 Å². The molecular formula is C8H9FN2O2. The fraction of sp³-hybridized carbons (Fsp3) is 0.250. The van der Waals surface area contributed by atoms with Gasteiger partial charge in [-0.15, -0.1) is 0 Å². The van der Waals surface area contributed by atoms with Gasteiger partial charge in [0, 0.05) is 12.7 Å². The lowest BCUT2D eigenvalue weighted by Crippen LogP contribution is -2.22. The molecule has 1 heterocycles. The molecule has 1 unspecified atom stereocenters. The minimum atomic E-state index is -1.10. The van der Waals surface area contributed by atoms with Crippen molar-refractivity contribution in [3.05, 3.63) is 29.8 Å². The number of nitrogens with zero attached hydrogens (tertiary/aromatic N) is 1. The molecule has 0 fully saturated rings. The predicted octanol–water partition coefficient (Wildman–Crippen LogP) is 0.348. The highest BCUT2D eigenvalue weighted by Crippen LogP contribution is 2.12. The van der Waals surface area contributed by atoms with Crippen molar-refractivity contribution >= 4 is 5.97 Å². The summed E-state index contributed by atoms with van der Waals surface area (Å²) in [5.74, 6) is -2.54. The second kappa shape index (κ2) is 3.95. The average molecular weight is 184 g/mol. The van der Waals surface area contributed by atoms with Crippen molar-refractivity contribution in [2.24, 2.45) is 5.73 Å². The van der Waals surface area contributed by atoms with Crippen molar-refractivity contribution in [2.45, 2.75) is 5.92 Å². The smallest absolute Gasteiger partial charge is 0.313 e. The molecule has 13 heavy (non-hydrogen) atoms. The summed E-state index contributed by atoms with van der Waals surface area (Å²) in [6, 6.07) is 2.23. The number of aromatic nitrogens is 1. The minimum Gasteiger partial charge on any atom is -0.481 e. The molecule has 0 aromatic carbocycles. The zero-order valence-corrected chi connectivity index (χ0v) is 6.77. The lowest BCUT2D eigenvalue weighted by atomic mass is 10.1. The van der Waals surface area contributed by atoms with E-state index in [4.69, 9.17) is 10.8 Å². The predicted molar refractivity (Wildman–Crippen MR) is 43.6 cm³/mol. The van der Waals surface area contributed by atoms with Gasteiger partial charge in [0.05, 0.1) is 5.69 Å². The molecule has 1 aromatic heterocycles. The molecule has 0 spiro atoms. The summed E-state index contributed by atoms with van der Waals surface area (Å²) >= 11 is 0. The van der Waals surface area contributed by atoms with Crippen LogP contribution in [0.3, 0.4) is 0 Å². The van der Waals surface area contributed by atoms with Crippen molar-refractivity contribution < 1.29 is 14.3 Å². The minimum absolute atomic E-state index is 0.0915. The van der Waals surface area contributed by atoms with Crippen molar-refractivity contribution in [2.75, 3.05) is 6.54 Å². The number of pyridine rings is 1. The van der Waals surface area contributed by atoms with Crippen LogP contribution >= 0.6 is 0 Å². The maximum atomic E-state index is 12.7. The number of nitrogens with two attached hydrogens (primary N) is 1. The van der Waals surface area contributed by atoms with Crippen LogP contribution in [0, 0.1) is 5.82 Å². The topological polar surface area (TPSA) is 76.2 Å². The van der Waals surface area contributed by atoms with Crippen LogP contribution in [-0.2, 0) is 4.79 Å². The lowest BCUT2D eigenvalue weighted by molar-refractivity contribution is -0.138. The summed E-state index contributed by atoms with van der Waals surface area (Å²) in [6.45, 7) is -0.0915. The van der Waals surface area contributed by atoms with Gasteiger partial charge in [0.1, 0.15) is 11.7 Å². The third-order valence-corrected chi connectivity index (χ3v) is 1.63.